The number of benzene rings is 3. The molecule has 0 spiro atoms. The molecule has 0 amide bonds. The average Bonchev–Trinajstić information content (AvgIpc) is 2.71. The van der Waals surface area contributed by atoms with Crippen LogP contribution in [0.5, 0.6) is 0 Å². The van der Waals surface area contributed by atoms with Crippen molar-refractivity contribution in [2.24, 2.45) is 0 Å². The molecule has 0 saturated carbocycles. The number of nitrogens with zero attached hydrogens (tertiary/aromatic N) is 1. The molecule has 1 heterocycles. The van der Waals surface area contributed by atoms with Crippen LogP contribution < -0.4 is 5.73 Å². The van der Waals surface area contributed by atoms with Gasteiger partial charge in [0, 0.05) is 18.8 Å². The van der Waals surface area contributed by atoms with Gasteiger partial charge in [-0.3, -0.25) is 4.90 Å². The summed E-state index contributed by atoms with van der Waals surface area (Å²) in [5, 5.41) is 0. The number of anilines is 1. The lowest BCUT2D eigenvalue weighted by molar-refractivity contribution is -0.0906. The van der Waals surface area contributed by atoms with Crippen molar-refractivity contribution in [2.45, 2.75) is 25.1 Å². The summed E-state index contributed by atoms with van der Waals surface area (Å²) in [7, 11) is 0. The number of nitrogen functional groups attached to an aromatic ring is 1. The van der Waals surface area contributed by atoms with Crippen LogP contribution in [0.3, 0.4) is 0 Å². The highest BCUT2D eigenvalue weighted by molar-refractivity contribution is 5.42. The Morgan fingerprint density at radius 2 is 1.44 bits per heavy atom. The maximum absolute atomic E-state index is 6.21. The van der Waals surface area contributed by atoms with E-state index in [-0.39, 0.29) is 5.54 Å². The molecule has 3 aromatic carbocycles. The van der Waals surface area contributed by atoms with Crippen molar-refractivity contribution in [1.29, 1.82) is 0 Å². The Labute approximate surface area is 161 Å². The van der Waals surface area contributed by atoms with Gasteiger partial charge in [-0.25, -0.2) is 0 Å². The molecule has 1 unspecified atom stereocenters. The second-order valence-electron chi connectivity index (χ2n) is 7.29. The molecular weight excluding hydrogens is 332 g/mol. The van der Waals surface area contributed by atoms with Crippen LogP contribution in [0.2, 0.25) is 0 Å². The van der Waals surface area contributed by atoms with E-state index >= 15 is 0 Å². The highest BCUT2D eigenvalue weighted by atomic mass is 16.5. The average molecular weight is 358 g/mol. The van der Waals surface area contributed by atoms with Crippen LogP contribution in [0, 0.1) is 0 Å². The smallest absolute Gasteiger partial charge is 0.0717 e. The SMILES string of the molecule is Nc1ccc(C2(COCc3ccccc3)CCN2Cc2ccccc2)cc1. The van der Waals surface area contributed by atoms with Gasteiger partial charge < -0.3 is 10.5 Å². The first-order chi connectivity index (χ1) is 13.3. The molecule has 1 fully saturated rings. The van der Waals surface area contributed by atoms with E-state index in [9.17, 15) is 0 Å². The Hall–Kier alpha value is -2.62. The molecular formula is C24H26N2O. The summed E-state index contributed by atoms with van der Waals surface area (Å²) in [6.45, 7) is 3.32. The fourth-order valence-corrected chi connectivity index (χ4v) is 3.85. The zero-order chi connectivity index (χ0) is 18.5. The normalized spacial score (nSPS) is 19.6. The molecule has 1 aliphatic heterocycles. The van der Waals surface area contributed by atoms with E-state index in [2.05, 4.69) is 71.6 Å². The lowest BCUT2D eigenvalue weighted by Gasteiger charge is -2.53. The second-order valence-corrected chi connectivity index (χ2v) is 7.29. The van der Waals surface area contributed by atoms with Crippen molar-refractivity contribution in [3.8, 4) is 0 Å². The fourth-order valence-electron chi connectivity index (χ4n) is 3.85. The van der Waals surface area contributed by atoms with E-state index in [0.717, 1.165) is 25.2 Å². The quantitative estimate of drug-likeness (QED) is 0.628. The summed E-state index contributed by atoms with van der Waals surface area (Å²) in [6.07, 6.45) is 1.10. The van der Waals surface area contributed by atoms with Crippen molar-refractivity contribution in [1.82, 2.24) is 4.90 Å². The summed E-state index contributed by atoms with van der Waals surface area (Å²) < 4.78 is 6.21. The van der Waals surface area contributed by atoms with Gasteiger partial charge in [0.2, 0.25) is 0 Å². The monoisotopic (exact) mass is 358 g/mol. The van der Waals surface area contributed by atoms with E-state index in [0.29, 0.717) is 13.2 Å². The van der Waals surface area contributed by atoms with Crippen LogP contribution in [0.15, 0.2) is 84.9 Å². The number of nitrogens with two attached hydrogens (primary N) is 1. The van der Waals surface area contributed by atoms with Crippen LogP contribution in [-0.2, 0) is 23.4 Å². The molecule has 3 heteroatoms. The maximum Gasteiger partial charge on any atom is 0.0717 e. The van der Waals surface area contributed by atoms with Crippen LogP contribution in [-0.4, -0.2) is 18.1 Å². The van der Waals surface area contributed by atoms with E-state index < -0.39 is 0 Å². The van der Waals surface area contributed by atoms with Crippen LogP contribution >= 0.6 is 0 Å². The van der Waals surface area contributed by atoms with Gasteiger partial charge in [0.05, 0.1) is 18.8 Å². The third kappa shape index (κ3) is 3.90. The molecule has 1 aliphatic rings. The maximum atomic E-state index is 6.21. The van der Waals surface area contributed by atoms with Gasteiger partial charge in [-0.2, -0.15) is 0 Å². The molecule has 138 valence electrons. The highest BCUT2D eigenvalue weighted by Crippen LogP contribution is 2.42. The third-order valence-corrected chi connectivity index (χ3v) is 5.52. The van der Waals surface area contributed by atoms with Gasteiger partial charge in [-0.05, 0) is 35.2 Å². The van der Waals surface area contributed by atoms with Gasteiger partial charge in [0.25, 0.3) is 0 Å². The van der Waals surface area contributed by atoms with Crippen molar-refractivity contribution < 1.29 is 4.74 Å². The Morgan fingerprint density at radius 3 is 2.04 bits per heavy atom. The highest BCUT2D eigenvalue weighted by Gasteiger charge is 2.46. The molecule has 4 rings (SSSR count). The molecule has 0 radical (unpaired) electrons. The Bertz CT molecular complexity index is 849. The predicted molar refractivity (Wildman–Crippen MR) is 110 cm³/mol. The summed E-state index contributed by atoms with van der Waals surface area (Å²) in [6, 6.07) is 29.3. The zero-order valence-electron chi connectivity index (χ0n) is 15.6. The molecule has 0 aromatic heterocycles. The first-order valence-corrected chi connectivity index (χ1v) is 9.53. The largest absolute Gasteiger partial charge is 0.399 e. The van der Waals surface area contributed by atoms with Crippen LogP contribution in [0.25, 0.3) is 0 Å². The van der Waals surface area contributed by atoms with Crippen molar-refractivity contribution >= 4 is 5.69 Å². The van der Waals surface area contributed by atoms with Crippen molar-refractivity contribution in [3.05, 3.63) is 102 Å². The summed E-state index contributed by atoms with van der Waals surface area (Å²) >= 11 is 0. The summed E-state index contributed by atoms with van der Waals surface area (Å²) in [4.78, 5) is 2.53. The Morgan fingerprint density at radius 1 is 0.815 bits per heavy atom. The van der Waals surface area contributed by atoms with Crippen LogP contribution in [0.1, 0.15) is 23.1 Å². The molecule has 27 heavy (non-hydrogen) atoms. The number of rotatable bonds is 7. The lowest BCUT2D eigenvalue weighted by Crippen LogP contribution is -2.59. The van der Waals surface area contributed by atoms with E-state index in [1.165, 1.54) is 16.7 Å². The fraction of sp³-hybridized carbons (Fsp3) is 0.250. The topological polar surface area (TPSA) is 38.5 Å². The zero-order valence-corrected chi connectivity index (χ0v) is 15.6. The third-order valence-electron chi connectivity index (χ3n) is 5.52. The van der Waals surface area contributed by atoms with Crippen molar-refractivity contribution in [2.75, 3.05) is 18.9 Å². The molecule has 0 aliphatic carbocycles. The van der Waals surface area contributed by atoms with Gasteiger partial charge in [-0.15, -0.1) is 0 Å². The summed E-state index contributed by atoms with van der Waals surface area (Å²) in [5.74, 6) is 0. The van der Waals surface area contributed by atoms with E-state index in [4.69, 9.17) is 10.5 Å². The number of hydrogen-bond donors (Lipinski definition) is 1. The van der Waals surface area contributed by atoms with E-state index in [1.54, 1.807) is 0 Å². The van der Waals surface area contributed by atoms with Gasteiger partial charge in [0.15, 0.2) is 0 Å². The minimum atomic E-state index is -0.0850. The first-order valence-electron chi connectivity index (χ1n) is 9.53. The lowest BCUT2D eigenvalue weighted by atomic mass is 9.78. The molecule has 3 aromatic rings. The Balaban J connectivity index is 1.53. The minimum absolute atomic E-state index is 0.0850. The molecule has 0 bridgehead atoms. The van der Waals surface area contributed by atoms with Crippen molar-refractivity contribution in [3.63, 3.8) is 0 Å². The van der Waals surface area contributed by atoms with E-state index in [1.807, 2.05) is 18.2 Å². The predicted octanol–water partition coefficient (Wildman–Crippen LogP) is 4.59. The van der Waals surface area contributed by atoms with Crippen LogP contribution in [0.4, 0.5) is 5.69 Å². The molecule has 3 nitrogen and oxygen atoms in total. The van der Waals surface area contributed by atoms with Gasteiger partial charge in [0.1, 0.15) is 0 Å². The Kier molecular flexibility index (Phi) is 5.23. The first kappa shape index (κ1) is 17.8. The number of ether oxygens (including phenoxy) is 1. The number of hydrogen-bond acceptors (Lipinski definition) is 3. The molecule has 1 atom stereocenters. The molecule has 1 saturated heterocycles. The van der Waals surface area contributed by atoms with Gasteiger partial charge in [-0.1, -0.05) is 72.8 Å². The summed E-state index contributed by atoms with van der Waals surface area (Å²) in [5.41, 5.74) is 10.5. The van der Waals surface area contributed by atoms with Gasteiger partial charge >= 0.3 is 0 Å². The number of likely N-dealkylation sites (tertiary alicyclic amines) is 1. The second kappa shape index (κ2) is 7.95. The molecule has 2 N–H and O–H groups in total. The standard InChI is InChI=1S/C24H26N2O/c25-23-13-11-22(12-14-23)24(19-27-18-21-9-5-2-6-10-21)15-16-26(24)17-20-7-3-1-4-8-20/h1-14H,15-19,25H2. The minimum Gasteiger partial charge on any atom is -0.399 e.